The number of hydrogen-bond acceptors (Lipinski definition) is 3. The van der Waals surface area contributed by atoms with Crippen molar-refractivity contribution in [2.75, 3.05) is 13.1 Å². The molecule has 0 unspecified atom stereocenters. The Kier molecular flexibility index (Phi) is 5.31. The van der Waals surface area contributed by atoms with E-state index in [4.69, 9.17) is 16.9 Å². The van der Waals surface area contributed by atoms with Gasteiger partial charge in [0.25, 0.3) is 5.91 Å². The first-order chi connectivity index (χ1) is 14.4. The van der Waals surface area contributed by atoms with E-state index in [0.29, 0.717) is 40.6 Å². The standard InChI is InChI=1S/C23H20ClFN4O/c1-15-2-5-17(12-19(15)20-21(24)28-14-27-20)22(30)29-10-8-23(25,9-11-29)18-6-3-16(13-26)4-7-18/h2-7,12,14H,8-11H2,1H3,(H,27,28). The van der Waals surface area contributed by atoms with Crippen molar-refractivity contribution in [3.63, 3.8) is 0 Å². The highest BCUT2D eigenvalue weighted by molar-refractivity contribution is 6.31. The maximum Gasteiger partial charge on any atom is 0.253 e. The van der Waals surface area contributed by atoms with Crippen LogP contribution in [-0.2, 0) is 5.67 Å². The summed E-state index contributed by atoms with van der Waals surface area (Å²) in [5.74, 6) is -0.131. The number of nitrogens with zero attached hydrogens (tertiary/aromatic N) is 3. The second kappa shape index (κ2) is 7.92. The Morgan fingerprint density at radius 3 is 2.53 bits per heavy atom. The number of benzene rings is 2. The van der Waals surface area contributed by atoms with Crippen LogP contribution in [0.3, 0.4) is 0 Å². The first kappa shape index (κ1) is 20.1. The van der Waals surface area contributed by atoms with E-state index in [0.717, 1.165) is 11.1 Å². The molecule has 5 nitrogen and oxygen atoms in total. The molecule has 1 saturated heterocycles. The molecule has 1 aliphatic rings. The van der Waals surface area contributed by atoms with Crippen LogP contribution in [0.5, 0.6) is 0 Å². The minimum Gasteiger partial charge on any atom is -0.343 e. The van der Waals surface area contributed by atoms with Gasteiger partial charge in [-0.15, -0.1) is 0 Å². The third kappa shape index (κ3) is 3.69. The third-order valence-corrected chi connectivity index (χ3v) is 6.01. The van der Waals surface area contributed by atoms with E-state index in [1.165, 1.54) is 6.33 Å². The van der Waals surface area contributed by atoms with E-state index in [1.54, 1.807) is 41.3 Å². The van der Waals surface area contributed by atoms with E-state index in [-0.39, 0.29) is 18.7 Å². The van der Waals surface area contributed by atoms with Gasteiger partial charge in [0.1, 0.15) is 5.67 Å². The third-order valence-electron chi connectivity index (χ3n) is 5.72. The van der Waals surface area contributed by atoms with Gasteiger partial charge in [-0.05, 0) is 42.3 Å². The number of piperidine rings is 1. The van der Waals surface area contributed by atoms with Crippen LogP contribution in [-0.4, -0.2) is 33.9 Å². The fraction of sp³-hybridized carbons (Fsp3) is 0.261. The van der Waals surface area contributed by atoms with Crippen LogP contribution < -0.4 is 0 Å². The molecular formula is C23H20ClFN4O. The van der Waals surface area contributed by atoms with Crippen molar-refractivity contribution in [1.82, 2.24) is 14.9 Å². The number of rotatable bonds is 3. The molecular weight excluding hydrogens is 403 g/mol. The lowest BCUT2D eigenvalue weighted by Crippen LogP contribution is -2.43. The lowest BCUT2D eigenvalue weighted by molar-refractivity contribution is 0.0421. The molecule has 0 saturated carbocycles. The molecule has 0 spiro atoms. The summed E-state index contributed by atoms with van der Waals surface area (Å²) < 4.78 is 15.5. The van der Waals surface area contributed by atoms with Crippen molar-refractivity contribution in [2.24, 2.45) is 0 Å². The number of halogens is 2. The highest BCUT2D eigenvalue weighted by atomic mass is 35.5. The molecule has 1 N–H and O–H groups in total. The molecule has 7 heteroatoms. The van der Waals surface area contributed by atoms with Crippen LogP contribution in [0, 0.1) is 18.3 Å². The second-order valence-electron chi connectivity index (χ2n) is 7.54. The Labute approximate surface area is 179 Å². The first-order valence-electron chi connectivity index (χ1n) is 9.70. The Morgan fingerprint density at radius 2 is 1.93 bits per heavy atom. The molecule has 152 valence electrons. The molecule has 0 bridgehead atoms. The number of nitrogens with one attached hydrogen (secondary N) is 1. The molecule has 3 aromatic rings. The van der Waals surface area contributed by atoms with E-state index in [2.05, 4.69) is 9.97 Å². The summed E-state index contributed by atoms with van der Waals surface area (Å²) in [6.45, 7) is 2.59. The predicted molar refractivity (Wildman–Crippen MR) is 113 cm³/mol. The smallest absolute Gasteiger partial charge is 0.253 e. The molecule has 0 atom stereocenters. The maximum atomic E-state index is 15.5. The Bertz CT molecular complexity index is 1120. The normalized spacial score (nSPS) is 15.6. The van der Waals surface area contributed by atoms with Gasteiger partial charge >= 0.3 is 0 Å². The first-order valence-corrected chi connectivity index (χ1v) is 10.1. The van der Waals surface area contributed by atoms with Crippen LogP contribution in [0.2, 0.25) is 5.15 Å². The quantitative estimate of drug-likeness (QED) is 0.644. The molecule has 0 radical (unpaired) electrons. The van der Waals surface area contributed by atoms with Crippen molar-refractivity contribution >= 4 is 17.5 Å². The summed E-state index contributed by atoms with van der Waals surface area (Å²) in [4.78, 5) is 21.8. The highest BCUT2D eigenvalue weighted by Crippen LogP contribution is 2.37. The zero-order valence-electron chi connectivity index (χ0n) is 16.5. The number of likely N-dealkylation sites (tertiary alicyclic amines) is 1. The number of nitriles is 1. The van der Waals surface area contributed by atoms with Crippen molar-refractivity contribution in [3.8, 4) is 17.3 Å². The van der Waals surface area contributed by atoms with Crippen molar-refractivity contribution < 1.29 is 9.18 Å². The Balaban J connectivity index is 1.51. The number of aromatic amines is 1. The lowest BCUT2D eigenvalue weighted by atomic mass is 9.85. The lowest BCUT2D eigenvalue weighted by Gasteiger charge is -2.37. The number of aromatic nitrogens is 2. The molecule has 1 fully saturated rings. The predicted octanol–water partition coefficient (Wildman–Crippen LogP) is 5.01. The summed E-state index contributed by atoms with van der Waals surface area (Å²) in [7, 11) is 0. The van der Waals surface area contributed by atoms with Gasteiger partial charge in [-0.2, -0.15) is 5.26 Å². The molecule has 2 aromatic carbocycles. The number of carbonyl (C=O) groups excluding carboxylic acids is 1. The number of amides is 1. The van der Waals surface area contributed by atoms with Crippen molar-refractivity contribution in [1.29, 1.82) is 5.26 Å². The minimum absolute atomic E-state index is 0.131. The number of hydrogen-bond donors (Lipinski definition) is 1. The average Bonchev–Trinajstić information content (AvgIpc) is 3.20. The van der Waals surface area contributed by atoms with Gasteiger partial charge in [-0.25, -0.2) is 9.37 Å². The van der Waals surface area contributed by atoms with Crippen molar-refractivity contribution in [2.45, 2.75) is 25.4 Å². The molecule has 30 heavy (non-hydrogen) atoms. The topological polar surface area (TPSA) is 72.8 Å². The van der Waals surface area contributed by atoms with Crippen molar-refractivity contribution in [3.05, 3.63) is 76.2 Å². The Hall–Kier alpha value is -3.17. The van der Waals surface area contributed by atoms with E-state index in [9.17, 15) is 4.79 Å². The number of alkyl halides is 1. The van der Waals surface area contributed by atoms with Gasteiger partial charge in [0.05, 0.1) is 23.7 Å². The number of H-pyrrole nitrogens is 1. The van der Waals surface area contributed by atoms with Crippen LogP contribution in [0.15, 0.2) is 48.8 Å². The SMILES string of the molecule is Cc1ccc(C(=O)N2CCC(F)(c3ccc(C#N)cc3)CC2)cc1-c1[nH]cnc1Cl. The largest absolute Gasteiger partial charge is 0.343 e. The average molecular weight is 423 g/mol. The number of carbonyl (C=O) groups is 1. The molecule has 1 amide bonds. The zero-order chi connectivity index (χ0) is 21.3. The molecule has 0 aliphatic carbocycles. The van der Waals surface area contributed by atoms with Gasteiger partial charge in [0.15, 0.2) is 5.15 Å². The Morgan fingerprint density at radius 1 is 1.23 bits per heavy atom. The van der Waals surface area contributed by atoms with Gasteiger partial charge in [0.2, 0.25) is 0 Å². The summed E-state index contributed by atoms with van der Waals surface area (Å²) in [6.07, 6.45) is 1.95. The fourth-order valence-electron chi connectivity index (χ4n) is 3.87. The molecule has 4 rings (SSSR count). The molecule has 1 aromatic heterocycles. The van der Waals surface area contributed by atoms with E-state index in [1.807, 2.05) is 19.1 Å². The van der Waals surface area contributed by atoms with Gasteiger partial charge in [-0.3, -0.25) is 4.79 Å². The van der Waals surface area contributed by atoms with Crippen LogP contribution >= 0.6 is 11.6 Å². The minimum atomic E-state index is -1.49. The summed E-state index contributed by atoms with van der Waals surface area (Å²) in [6, 6.07) is 14.1. The van der Waals surface area contributed by atoms with Gasteiger partial charge in [0, 0.05) is 37.1 Å². The number of imidazole rings is 1. The molecule has 1 aliphatic heterocycles. The zero-order valence-corrected chi connectivity index (χ0v) is 17.2. The summed E-state index contributed by atoms with van der Waals surface area (Å²) in [5, 5.41) is 9.27. The summed E-state index contributed by atoms with van der Waals surface area (Å²) >= 11 is 6.14. The van der Waals surface area contributed by atoms with Crippen LogP contribution in [0.4, 0.5) is 4.39 Å². The van der Waals surface area contributed by atoms with E-state index >= 15 is 4.39 Å². The monoisotopic (exact) mass is 422 g/mol. The highest BCUT2D eigenvalue weighted by Gasteiger charge is 2.37. The van der Waals surface area contributed by atoms with E-state index < -0.39 is 5.67 Å². The van der Waals surface area contributed by atoms with Gasteiger partial charge in [-0.1, -0.05) is 29.8 Å². The fourth-order valence-corrected chi connectivity index (χ4v) is 4.07. The van der Waals surface area contributed by atoms with Crippen LogP contribution in [0.25, 0.3) is 11.3 Å². The maximum absolute atomic E-state index is 15.5. The number of aryl methyl sites for hydroxylation is 1. The second-order valence-corrected chi connectivity index (χ2v) is 7.90. The van der Waals surface area contributed by atoms with Gasteiger partial charge < -0.3 is 9.88 Å². The molecule has 2 heterocycles. The van der Waals surface area contributed by atoms with Crippen LogP contribution in [0.1, 0.15) is 39.9 Å². The summed E-state index contributed by atoms with van der Waals surface area (Å²) in [5.41, 5.74) is 2.56.